The van der Waals surface area contributed by atoms with Gasteiger partial charge in [0, 0.05) is 58.4 Å². The number of nitrogens with one attached hydrogen (secondary N) is 3. The lowest BCUT2D eigenvalue weighted by atomic mass is 10.1. The van der Waals surface area contributed by atoms with Crippen LogP contribution in [-0.2, 0) is 38.2 Å². The van der Waals surface area contributed by atoms with Crippen LogP contribution in [0.2, 0.25) is 0 Å². The summed E-state index contributed by atoms with van der Waals surface area (Å²) in [5, 5.41) is 25.3. The Morgan fingerprint density at radius 2 is 1.18 bits per heavy atom. The fourth-order valence-corrected chi connectivity index (χ4v) is 3.17. The second-order valence-corrected chi connectivity index (χ2v) is 8.58. The highest BCUT2D eigenvalue weighted by atomic mass is 16.5. The van der Waals surface area contributed by atoms with Gasteiger partial charge in [0.25, 0.3) is 0 Å². The number of amides is 3. The molecule has 0 aromatic carbocycles. The Morgan fingerprint density at radius 3 is 1.71 bits per heavy atom. The van der Waals surface area contributed by atoms with Crippen LogP contribution in [0.5, 0.6) is 0 Å². The van der Waals surface area contributed by atoms with E-state index in [0.717, 1.165) is 19.3 Å². The van der Waals surface area contributed by atoms with Crippen molar-refractivity contribution in [3.05, 3.63) is 0 Å². The summed E-state index contributed by atoms with van der Waals surface area (Å²) in [6, 6.07) is -1.18. The molecule has 0 saturated heterocycles. The molecule has 3 amide bonds. The van der Waals surface area contributed by atoms with Gasteiger partial charge in [-0.15, -0.1) is 0 Å². The van der Waals surface area contributed by atoms with E-state index in [2.05, 4.69) is 16.0 Å². The van der Waals surface area contributed by atoms with Crippen LogP contribution in [0.25, 0.3) is 0 Å². The fraction of sp³-hybridized carbons (Fsp3) is 0.760. The van der Waals surface area contributed by atoms with Crippen LogP contribution in [0.15, 0.2) is 0 Å². The molecule has 0 saturated carbocycles. The highest BCUT2D eigenvalue weighted by molar-refractivity contribution is 5.87. The maximum Gasteiger partial charge on any atom is 0.326 e. The molecule has 0 rings (SSSR count). The van der Waals surface area contributed by atoms with Gasteiger partial charge in [-0.05, 0) is 32.1 Å². The third-order valence-corrected chi connectivity index (χ3v) is 5.24. The minimum absolute atomic E-state index is 0.0151. The van der Waals surface area contributed by atoms with E-state index in [4.69, 9.17) is 19.7 Å². The van der Waals surface area contributed by atoms with Gasteiger partial charge in [0.15, 0.2) is 6.29 Å². The average Bonchev–Trinajstić information content (AvgIpc) is 2.87. The van der Waals surface area contributed by atoms with Crippen molar-refractivity contribution in [3.63, 3.8) is 0 Å². The Balaban J connectivity index is 3.50. The molecule has 0 aromatic rings. The van der Waals surface area contributed by atoms with E-state index >= 15 is 0 Å². The Morgan fingerprint density at radius 1 is 0.658 bits per heavy atom. The summed E-state index contributed by atoms with van der Waals surface area (Å²) in [5.41, 5.74) is 0. The lowest BCUT2D eigenvalue weighted by Crippen LogP contribution is -2.41. The first-order chi connectivity index (χ1) is 18.3. The van der Waals surface area contributed by atoms with Crippen LogP contribution in [0.1, 0.15) is 77.0 Å². The maximum atomic E-state index is 11.8. The van der Waals surface area contributed by atoms with Crippen molar-refractivity contribution in [3.8, 4) is 0 Å². The predicted molar refractivity (Wildman–Crippen MR) is 136 cm³/mol. The van der Waals surface area contributed by atoms with Gasteiger partial charge in [-0.1, -0.05) is 12.8 Å². The van der Waals surface area contributed by atoms with E-state index in [9.17, 15) is 28.8 Å². The third-order valence-electron chi connectivity index (χ3n) is 5.24. The molecule has 217 valence electrons. The van der Waals surface area contributed by atoms with Crippen molar-refractivity contribution < 1.29 is 48.5 Å². The molecule has 0 aliphatic rings. The smallest absolute Gasteiger partial charge is 0.326 e. The van der Waals surface area contributed by atoms with Gasteiger partial charge in [-0.3, -0.25) is 24.0 Å². The van der Waals surface area contributed by atoms with E-state index in [1.54, 1.807) is 6.29 Å². The number of ether oxygens (including phenoxy) is 2. The number of hydrogen-bond acceptors (Lipinski definition) is 8. The molecule has 0 aromatic heterocycles. The van der Waals surface area contributed by atoms with Gasteiger partial charge in [0.05, 0.1) is 13.2 Å². The van der Waals surface area contributed by atoms with Gasteiger partial charge in [-0.2, -0.15) is 0 Å². The minimum Gasteiger partial charge on any atom is -0.481 e. The van der Waals surface area contributed by atoms with Crippen LogP contribution < -0.4 is 16.0 Å². The van der Waals surface area contributed by atoms with Crippen molar-refractivity contribution in [1.29, 1.82) is 0 Å². The molecule has 1 radical (unpaired) electrons. The number of aliphatic carboxylic acids is 2. The second kappa shape index (κ2) is 24.3. The molecule has 0 spiro atoms. The zero-order valence-electron chi connectivity index (χ0n) is 22.0. The number of carboxylic acid groups (broad SMARTS) is 2. The number of rotatable bonds is 26. The largest absolute Gasteiger partial charge is 0.481 e. The van der Waals surface area contributed by atoms with Crippen LogP contribution in [0.3, 0.4) is 0 Å². The van der Waals surface area contributed by atoms with Gasteiger partial charge >= 0.3 is 11.9 Å². The predicted octanol–water partition coefficient (Wildman–Crippen LogP) is 0.697. The van der Waals surface area contributed by atoms with E-state index in [-0.39, 0.29) is 43.9 Å². The van der Waals surface area contributed by atoms with E-state index in [1.807, 2.05) is 0 Å². The molecule has 13 heteroatoms. The highest BCUT2D eigenvalue weighted by Gasteiger charge is 2.19. The van der Waals surface area contributed by atoms with Crippen molar-refractivity contribution in [2.75, 3.05) is 39.5 Å². The lowest BCUT2D eigenvalue weighted by molar-refractivity contribution is -0.142. The first kappa shape index (κ1) is 34.9. The number of carbonyl (C=O) groups excluding carboxylic acids is 4. The summed E-state index contributed by atoms with van der Waals surface area (Å²) in [4.78, 5) is 66.9. The van der Waals surface area contributed by atoms with Crippen LogP contribution >= 0.6 is 0 Å². The monoisotopic (exact) mass is 544 g/mol. The minimum atomic E-state index is -1.25. The molecule has 0 unspecified atom stereocenters. The van der Waals surface area contributed by atoms with Crippen LogP contribution in [0, 0.1) is 0 Å². The summed E-state index contributed by atoms with van der Waals surface area (Å²) >= 11 is 0. The number of carbonyl (C=O) groups is 5. The topological polar surface area (TPSA) is 197 Å². The first-order valence-corrected chi connectivity index (χ1v) is 13.0. The molecule has 0 aliphatic heterocycles. The number of unbranched alkanes of at least 4 members (excludes halogenated alkanes) is 3. The second-order valence-electron chi connectivity index (χ2n) is 8.58. The molecule has 5 N–H and O–H groups in total. The molecule has 0 bridgehead atoms. The standard InChI is InChI=1S/C25H42N3O10/c29-15-5-8-20(25(35)36)28-23(32)12-11-22(31)27-14-7-17-38-19-18-37-16-6-13-26-21(30)9-3-1-2-4-10-24(33)34/h20H,1-14,16-19H2,(H,26,30)(H,27,31)(H,28,32)(H,33,34)(H,35,36)/t20-/m0/s1. The molecule has 1 atom stereocenters. The normalized spacial score (nSPS) is 11.4. The summed E-state index contributed by atoms with van der Waals surface area (Å²) in [5.74, 6) is -2.97. The zero-order valence-corrected chi connectivity index (χ0v) is 22.0. The van der Waals surface area contributed by atoms with Gasteiger partial charge < -0.3 is 35.6 Å². The van der Waals surface area contributed by atoms with Crippen molar-refractivity contribution >= 4 is 35.9 Å². The zero-order chi connectivity index (χ0) is 28.4. The van der Waals surface area contributed by atoms with Gasteiger partial charge in [0.2, 0.25) is 17.7 Å². The van der Waals surface area contributed by atoms with Crippen molar-refractivity contribution in [2.24, 2.45) is 0 Å². The molecule has 38 heavy (non-hydrogen) atoms. The average molecular weight is 545 g/mol. The Hall–Kier alpha value is -3.06. The Kier molecular flexibility index (Phi) is 22.3. The van der Waals surface area contributed by atoms with E-state index < -0.39 is 23.9 Å². The maximum absolute atomic E-state index is 11.8. The quantitative estimate of drug-likeness (QED) is 0.0966. The van der Waals surface area contributed by atoms with Crippen LogP contribution in [-0.4, -0.2) is 91.7 Å². The molecule has 0 aliphatic carbocycles. The SMILES string of the molecule is O=[C]CC[C@H](NC(=O)CCC(=O)NCCCOCCOCCCNC(=O)CCCCCCC(=O)O)C(=O)O. The van der Waals surface area contributed by atoms with Crippen LogP contribution in [0.4, 0.5) is 0 Å². The molecule has 13 nitrogen and oxygen atoms in total. The Bertz CT molecular complexity index is 718. The van der Waals surface area contributed by atoms with Crippen molar-refractivity contribution in [1.82, 2.24) is 16.0 Å². The summed E-state index contributed by atoms with van der Waals surface area (Å²) < 4.78 is 10.9. The molecule has 0 fully saturated rings. The first-order valence-electron chi connectivity index (χ1n) is 13.0. The lowest BCUT2D eigenvalue weighted by Gasteiger charge is -2.13. The number of carboxylic acids is 2. The molecular formula is C25H42N3O10. The highest BCUT2D eigenvalue weighted by Crippen LogP contribution is 2.05. The van der Waals surface area contributed by atoms with E-state index in [0.29, 0.717) is 65.2 Å². The van der Waals surface area contributed by atoms with Gasteiger partial charge in [0.1, 0.15) is 6.04 Å². The number of hydrogen-bond donors (Lipinski definition) is 5. The summed E-state index contributed by atoms with van der Waals surface area (Å²) in [6.07, 6.45) is 6.09. The Labute approximate surface area is 223 Å². The fourth-order valence-electron chi connectivity index (χ4n) is 3.17. The summed E-state index contributed by atoms with van der Waals surface area (Å²) in [7, 11) is 0. The summed E-state index contributed by atoms with van der Waals surface area (Å²) in [6.45, 7) is 2.62. The molecule has 0 heterocycles. The van der Waals surface area contributed by atoms with Gasteiger partial charge in [-0.25, -0.2) is 4.79 Å². The van der Waals surface area contributed by atoms with E-state index in [1.165, 1.54) is 0 Å². The van der Waals surface area contributed by atoms with Crippen molar-refractivity contribution in [2.45, 2.75) is 83.1 Å². The molecular weight excluding hydrogens is 502 g/mol. The third kappa shape index (κ3) is 23.3.